The quantitative estimate of drug-likeness (QED) is 0.179. The first-order valence-electron chi connectivity index (χ1n) is 12.6. The van der Waals surface area contributed by atoms with Crippen LogP contribution in [0.25, 0.3) is 12.2 Å². The summed E-state index contributed by atoms with van der Waals surface area (Å²) in [6.07, 6.45) is 9.85. The van der Waals surface area contributed by atoms with Gasteiger partial charge in [-0.1, -0.05) is 90.1 Å². The van der Waals surface area contributed by atoms with Crippen LogP contribution in [0.15, 0.2) is 55.1 Å². The first-order chi connectivity index (χ1) is 17.5. The van der Waals surface area contributed by atoms with Crippen LogP contribution in [-0.2, 0) is 16.0 Å². The number of hydrogen-bond donors (Lipinski definition) is 2. The van der Waals surface area contributed by atoms with Crippen LogP contribution in [0.1, 0.15) is 64.7 Å². The van der Waals surface area contributed by atoms with E-state index in [1.54, 1.807) is 18.4 Å². The van der Waals surface area contributed by atoms with E-state index in [9.17, 15) is 9.59 Å². The largest absolute Gasteiger partial charge is 0.493 e. The fourth-order valence-corrected chi connectivity index (χ4v) is 3.46. The lowest BCUT2D eigenvalue weighted by atomic mass is 9.91. The summed E-state index contributed by atoms with van der Waals surface area (Å²) in [7, 11) is 0. The number of thiol groups is 1. The van der Waals surface area contributed by atoms with Gasteiger partial charge in [-0.2, -0.15) is 12.6 Å². The van der Waals surface area contributed by atoms with Gasteiger partial charge in [0.05, 0.1) is 12.3 Å². The summed E-state index contributed by atoms with van der Waals surface area (Å²) in [5, 5.41) is 1.30. The number of nitrogens with one attached hydrogen (secondary N) is 1. The van der Waals surface area contributed by atoms with Crippen LogP contribution in [0.4, 0.5) is 5.69 Å². The SMILES string of the molecule is C=Cc1c(CC(C)C(=O)N(NC=O)c2ccccc2)ccc(OCC)c1/C=C\C(C)CC.CC.CS. The Balaban J connectivity index is 0.00000291. The molecule has 0 aliphatic heterocycles. The molecule has 0 aromatic heterocycles. The molecule has 0 heterocycles. The van der Waals surface area contributed by atoms with E-state index in [-0.39, 0.29) is 11.8 Å². The zero-order chi connectivity index (χ0) is 27.5. The Morgan fingerprint density at radius 1 is 1.08 bits per heavy atom. The third-order valence-corrected chi connectivity index (χ3v) is 5.44. The molecule has 0 fully saturated rings. The van der Waals surface area contributed by atoms with Gasteiger partial charge in [-0.15, -0.1) is 0 Å². The van der Waals surface area contributed by atoms with Crippen molar-refractivity contribution in [3.05, 3.63) is 71.8 Å². The Labute approximate surface area is 224 Å². The number of anilines is 1. The van der Waals surface area contributed by atoms with Gasteiger partial charge < -0.3 is 4.74 Å². The van der Waals surface area contributed by atoms with E-state index in [2.05, 4.69) is 50.6 Å². The molecule has 2 rings (SSSR count). The predicted molar refractivity (Wildman–Crippen MR) is 158 cm³/mol. The minimum Gasteiger partial charge on any atom is -0.493 e. The summed E-state index contributed by atoms with van der Waals surface area (Å²) in [6, 6.07) is 13.0. The normalized spacial score (nSPS) is 11.7. The Hall–Kier alpha value is -2.99. The van der Waals surface area contributed by atoms with Crippen LogP contribution in [0.5, 0.6) is 5.75 Å². The molecule has 0 saturated carbocycles. The van der Waals surface area contributed by atoms with Crippen molar-refractivity contribution in [1.82, 2.24) is 5.43 Å². The van der Waals surface area contributed by atoms with E-state index in [0.29, 0.717) is 31.0 Å². The second-order valence-corrected chi connectivity index (χ2v) is 7.79. The molecule has 36 heavy (non-hydrogen) atoms. The summed E-state index contributed by atoms with van der Waals surface area (Å²) in [5.74, 6) is 0.688. The topological polar surface area (TPSA) is 58.6 Å². The zero-order valence-electron chi connectivity index (χ0n) is 23.0. The van der Waals surface area contributed by atoms with Crippen LogP contribution in [-0.4, -0.2) is 25.2 Å². The molecular weight excluding hydrogens is 468 g/mol. The van der Waals surface area contributed by atoms with Crippen LogP contribution in [0.3, 0.4) is 0 Å². The molecule has 0 aliphatic rings. The molecule has 0 spiro atoms. The third-order valence-electron chi connectivity index (χ3n) is 5.44. The predicted octanol–water partition coefficient (Wildman–Crippen LogP) is 7.23. The number of allylic oxidation sites excluding steroid dienone is 1. The standard InChI is InChI=1S/C27H34N2O3.C2H6.CH4S/c1-6-20(4)14-16-25-24(7-2)22(15-17-26(25)32-8-3)18-21(5)27(31)29(28-19-30)23-12-10-9-11-13-23;2*1-2/h7,9-17,19-21H,2,6,8,18H2,1,3-5H3,(H,28,30);1-2H3;2H,1H3/b16-14-;;. The fraction of sp³-hybridized carbons (Fsp3) is 0.400. The Morgan fingerprint density at radius 3 is 2.25 bits per heavy atom. The van der Waals surface area contributed by atoms with E-state index >= 15 is 0 Å². The average Bonchev–Trinajstić information content (AvgIpc) is 2.93. The van der Waals surface area contributed by atoms with Gasteiger partial charge in [0, 0.05) is 11.5 Å². The molecular formula is C30H44N2O3S. The molecule has 2 unspecified atom stereocenters. The maximum Gasteiger partial charge on any atom is 0.248 e. The van der Waals surface area contributed by atoms with Crippen LogP contribution in [0, 0.1) is 11.8 Å². The monoisotopic (exact) mass is 512 g/mol. The number of hydrogen-bond acceptors (Lipinski definition) is 4. The molecule has 2 atom stereocenters. The lowest BCUT2D eigenvalue weighted by Crippen LogP contribution is -2.45. The summed E-state index contributed by atoms with van der Waals surface area (Å²) >= 11 is 3.53. The second kappa shape index (κ2) is 19.2. The number of nitrogens with zero attached hydrogens (tertiary/aromatic N) is 1. The van der Waals surface area contributed by atoms with E-state index < -0.39 is 0 Å². The molecule has 2 amide bonds. The van der Waals surface area contributed by atoms with Gasteiger partial charge in [0.1, 0.15) is 5.75 Å². The molecule has 2 aromatic carbocycles. The molecule has 1 N–H and O–H groups in total. The van der Waals surface area contributed by atoms with Crippen molar-refractivity contribution in [3.63, 3.8) is 0 Å². The van der Waals surface area contributed by atoms with Gasteiger partial charge in [-0.3, -0.25) is 15.0 Å². The number of ether oxygens (including phenoxy) is 1. The van der Waals surface area contributed by atoms with Crippen molar-refractivity contribution in [1.29, 1.82) is 0 Å². The number of para-hydroxylation sites is 1. The van der Waals surface area contributed by atoms with Crippen molar-refractivity contribution < 1.29 is 14.3 Å². The molecule has 2 aromatic rings. The number of carbonyl (C=O) groups excluding carboxylic acids is 2. The van der Waals surface area contributed by atoms with Crippen molar-refractivity contribution >= 4 is 42.8 Å². The van der Waals surface area contributed by atoms with E-state index in [4.69, 9.17) is 4.74 Å². The number of benzene rings is 2. The van der Waals surface area contributed by atoms with Crippen LogP contribution < -0.4 is 15.2 Å². The van der Waals surface area contributed by atoms with Crippen molar-refractivity contribution in [2.75, 3.05) is 17.9 Å². The summed E-state index contributed by atoms with van der Waals surface area (Å²) in [6.45, 7) is 16.7. The van der Waals surface area contributed by atoms with Crippen molar-refractivity contribution in [2.24, 2.45) is 11.8 Å². The smallest absolute Gasteiger partial charge is 0.248 e. The van der Waals surface area contributed by atoms with Crippen molar-refractivity contribution in [2.45, 2.75) is 54.4 Å². The van der Waals surface area contributed by atoms with E-state index in [1.165, 1.54) is 5.01 Å². The molecule has 0 radical (unpaired) electrons. The van der Waals surface area contributed by atoms with Crippen molar-refractivity contribution in [3.8, 4) is 5.75 Å². The van der Waals surface area contributed by atoms with Gasteiger partial charge in [0.2, 0.25) is 12.3 Å². The third kappa shape index (κ3) is 9.94. The highest BCUT2D eigenvalue weighted by molar-refractivity contribution is 7.79. The molecule has 0 aliphatic carbocycles. The highest BCUT2D eigenvalue weighted by atomic mass is 32.1. The average molecular weight is 513 g/mol. The van der Waals surface area contributed by atoms with Gasteiger partial charge >= 0.3 is 0 Å². The van der Waals surface area contributed by atoms with Gasteiger partial charge in [0.15, 0.2) is 0 Å². The molecule has 0 saturated heterocycles. The Kier molecular flexibility index (Phi) is 17.6. The van der Waals surface area contributed by atoms with Crippen LogP contribution in [0.2, 0.25) is 0 Å². The summed E-state index contributed by atoms with van der Waals surface area (Å²) in [5.41, 5.74) is 6.08. The second-order valence-electron chi connectivity index (χ2n) is 7.79. The van der Waals surface area contributed by atoms with E-state index in [1.807, 2.05) is 64.1 Å². The van der Waals surface area contributed by atoms with Crippen LogP contribution >= 0.6 is 12.6 Å². The van der Waals surface area contributed by atoms with Gasteiger partial charge in [0.25, 0.3) is 0 Å². The Bertz CT molecular complexity index is 945. The highest BCUT2D eigenvalue weighted by Gasteiger charge is 2.23. The molecule has 0 bridgehead atoms. The van der Waals surface area contributed by atoms with Gasteiger partial charge in [-0.05, 0) is 54.8 Å². The number of hydrazine groups is 1. The Morgan fingerprint density at radius 2 is 1.72 bits per heavy atom. The fourth-order valence-electron chi connectivity index (χ4n) is 3.46. The first-order valence-corrected chi connectivity index (χ1v) is 13.5. The summed E-state index contributed by atoms with van der Waals surface area (Å²) < 4.78 is 5.86. The molecule has 6 heteroatoms. The summed E-state index contributed by atoms with van der Waals surface area (Å²) in [4.78, 5) is 24.3. The number of amides is 2. The minimum absolute atomic E-state index is 0.191. The maximum absolute atomic E-state index is 13.2. The maximum atomic E-state index is 13.2. The molecule has 5 nitrogen and oxygen atoms in total. The van der Waals surface area contributed by atoms with Gasteiger partial charge in [-0.25, -0.2) is 5.01 Å². The first kappa shape index (κ1) is 33.0. The lowest BCUT2D eigenvalue weighted by molar-refractivity contribution is -0.124. The zero-order valence-corrected chi connectivity index (χ0v) is 23.8. The highest BCUT2D eigenvalue weighted by Crippen LogP contribution is 2.31. The lowest BCUT2D eigenvalue weighted by Gasteiger charge is -2.25. The number of rotatable bonds is 12. The minimum atomic E-state index is -0.370. The van der Waals surface area contributed by atoms with E-state index in [0.717, 1.165) is 28.9 Å². The molecule has 198 valence electrons. The number of carbonyl (C=O) groups is 2.